The van der Waals surface area contributed by atoms with Gasteiger partial charge in [0, 0.05) is 24.9 Å². The summed E-state index contributed by atoms with van der Waals surface area (Å²) in [6.45, 7) is 2.76. The van der Waals surface area contributed by atoms with Crippen LogP contribution < -0.4 is 5.73 Å². The molecule has 3 heterocycles. The van der Waals surface area contributed by atoms with Gasteiger partial charge in [-0.05, 0) is 38.1 Å². The largest absolute Gasteiger partial charge is 0.409 e. The van der Waals surface area contributed by atoms with Crippen LogP contribution in [0.2, 0.25) is 0 Å². The van der Waals surface area contributed by atoms with E-state index in [9.17, 15) is 0 Å². The minimum absolute atomic E-state index is 0.206. The molecule has 6 heteroatoms. The molecule has 0 aromatic carbocycles. The van der Waals surface area contributed by atoms with Crippen molar-refractivity contribution in [3.8, 4) is 0 Å². The molecule has 20 heavy (non-hydrogen) atoms. The fourth-order valence-electron chi connectivity index (χ4n) is 2.76. The van der Waals surface area contributed by atoms with Crippen molar-refractivity contribution >= 4 is 11.5 Å². The van der Waals surface area contributed by atoms with Crippen molar-refractivity contribution in [1.29, 1.82) is 0 Å². The highest BCUT2D eigenvalue weighted by atomic mass is 16.4. The van der Waals surface area contributed by atoms with E-state index in [-0.39, 0.29) is 5.92 Å². The summed E-state index contributed by atoms with van der Waals surface area (Å²) in [7, 11) is 0. The zero-order chi connectivity index (χ0) is 13.9. The molecule has 0 radical (unpaired) electrons. The van der Waals surface area contributed by atoms with Crippen molar-refractivity contribution in [2.24, 2.45) is 16.8 Å². The Labute approximate surface area is 117 Å². The number of pyridine rings is 1. The molecule has 0 aliphatic carbocycles. The smallest absolute Gasteiger partial charge is 0.142 e. The van der Waals surface area contributed by atoms with Crippen LogP contribution in [0, 0.1) is 5.92 Å². The van der Waals surface area contributed by atoms with Gasteiger partial charge in [-0.2, -0.15) is 0 Å². The molecule has 0 amide bonds. The van der Waals surface area contributed by atoms with Crippen molar-refractivity contribution in [2.45, 2.75) is 19.4 Å². The van der Waals surface area contributed by atoms with Gasteiger partial charge in [-0.15, -0.1) is 0 Å². The van der Waals surface area contributed by atoms with E-state index in [2.05, 4.69) is 21.2 Å². The molecule has 0 saturated carbocycles. The number of fused-ring (bicyclic) bond motifs is 1. The van der Waals surface area contributed by atoms with Crippen molar-refractivity contribution in [1.82, 2.24) is 14.3 Å². The molecule has 1 aliphatic heterocycles. The fourth-order valence-corrected chi connectivity index (χ4v) is 2.76. The minimum atomic E-state index is 0.206. The van der Waals surface area contributed by atoms with Gasteiger partial charge < -0.3 is 15.3 Å². The van der Waals surface area contributed by atoms with E-state index in [1.807, 2.05) is 28.8 Å². The number of rotatable bonds is 3. The number of hydrogen-bond acceptors (Lipinski definition) is 4. The lowest BCUT2D eigenvalue weighted by atomic mass is 9.96. The van der Waals surface area contributed by atoms with Gasteiger partial charge in [-0.1, -0.05) is 11.2 Å². The standard InChI is InChI=1S/C14H19N5O/c15-14(17-20)11-4-7-18(8-5-11)9-12-10-19-6-2-1-3-13(19)16-12/h1-3,6,10-11,20H,4-5,7-9H2,(H2,15,17). The van der Waals surface area contributed by atoms with E-state index in [1.54, 1.807) is 0 Å². The summed E-state index contributed by atoms with van der Waals surface area (Å²) in [4.78, 5) is 6.97. The normalized spacial score (nSPS) is 18.7. The van der Waals surface area contributed by atoms with Gasteiger partial charge >= 0.3 is 0 Å². The summed E-state index contributed by atoms with van der Waals surface area (Å²) in [5.41, 5.74) is 7.72. The fraction of sp³-hybridized carbons (Fsp3) is 0.429. The number of nitrogens with zero attached hydrogens (tertiary/aromatic N) is 4. The van der Waals surface area contributed by atoms with Crippen LogP contribution in [-0.2, 0) is 6.54 Å². The summed E-state index contributed by atoms with van der Waals surface area (Å²) >= 11 is 0. The molecule has 2 aromatic rings. The van der Waals surface area contributed by atoms with Gasteiger partial charge in [0.2, 0.25) is 0 Å². The van der Waals surface area contributed by atoms with Crippen LogP contribution in [0.3, 0.4) is 0 Å². The minimum Gasteiger partial charge on any atom is -0.409 e. The third-order valence-electron chi connectivity index (χ3n) is 3.92. The number of aromatic nitrogens is 2. The molecule has 3 rings (SSSR count). The summed E-state index contributed by atoms with van der Waals surface area (Å²) in [6.07, 6.45) is 5.95. The Kier molecular flexibility index (Phi) is 3.56. The quantitative estimate of drug-likeness (QED) is 0.382. The predicted octanol–water partition coefficient (Wildman–Crippen LogP) is 1.29. The van der Waals surface area contributed by atoms with E-state index < -0.39 is 0 Å². The molecular formula is C14H19N5O. The van der Waals surface area contributed by atoms with Gasteiger partial charge in [0.05, 0.1) is 5.69 Å². The Balaban J connectivity index is 1.62. The van der Waals surface area contributed by atoms with Crippen molar-refractivity contribution < 1.29 is 5.21 Å². The predicted molar refractivity (Wildman–Crippen MR) is 76.6 cm³/mol. The number of imidazole rings is 1. The second kappa shape index (κ2) is 5.50. The summed E-state index contributed by atoms with van der Waals surface area (Å²) in [5.74, 6) is 0.565. The van der Waals surface area contributed by atoms with E-state index in [0.717, 1.165) is 43.8 Å². The lowest BCUT2D eigenvalue weighted by molar-refractivity contribution is 0.197. The SMILES string of the molecule is NC(=NO)C1CCN(Cc2cn3ccccc3n2)CC1. The first-order valence-corrected chi connectivity index (χ1v) is 6.88. The van der Waals surface area contributed by atoms with Gasteiger partial charge in [-0.3, -0.25) is 4.90 Å². The highest BCUT2D eigenvalue weighted by Crippen LogP contribution is 2.19. The van der Waals surface area contributed by atoms with E-state index in [1.165, 1.54) is 0 Å². The Morgan fingerprint density at radius 3 is 2.90 bits per heavy atom. The van der Waals surface area contributed by atoms with E-state index in [0.29, 0.717) is 5.84 Å². The van der Waals surface area contributed by atoms with Crippen molar-refractivity contribution in [3.63, 3.8) is 0 Å². The zero-order valence-electron chi connectivity index (χ0n) is 11.3. The molecular weight excluding hydrogens is 254 g/mol. The second-order valence-corrected chi connectivity index (χ2v) is 5.27. The molecule has 1 saturated heterocycles. The van der Waals surface area contributed by atoms with Gasteiger partial charge in [0.25, 0.3) is 0 Å². The van der Waals surface area contributed by atoms with E-state index in [4.69, 9.17) is 10.9 Å². The maximum atomic E-state index is 8.71. The number of amidine groups is 1. The van der Waals surface area contributed by atoms with Crippen LogP contribution in [-0.4, -0.2) is 38.4 Å². The van der Waals surface area contributed by atoms with Gasteiger partial charge in [0.1, 0.15) is 11.5 Å². The number of oxime groups is 1. The second-order valence-electron chi connectivity index (χ2n) is 5.27. The first kappa shape index (κ1) is 12.9. The van der Waals surface area contributed by atoms with Gasteiger partial charge in [0.15, 0.2) is 0 Å². The topological polar surface area (TPSA) is 79.2 Å². The number of piperidine rings is 1. The average Bonchev–Trinajstić information content (AvgIpc) is 2.89. The van der Waals surface area contributed by atoms with Crippen LogP contribution in [0.15, 0.2) is 35.7 Å². The van der Waals surface area contributed by atoms with Crippen molar-refractivity contribution in [3.05, 3.63) is 36.3 Å². The Morgan fingerprint density at radius 1 is 1.40 bits per heavy atom. The molecule has 0 atom stereocenters. The molecule has 106 valence electrons. The van der Waals surface area contributed by atoms with Crippen molar-refractivity contribution in [2.75, 3.05) is 13.1 Å². The lowest BCUT2D eigenvalue weighted by Crippen LogP contribution is -2.38. The first-order chi connectivity index (χ1) is 9.76. The lowest BCUT2D eigenvalue weighted by Gasteiger charge is -2.30. The summed E-state index contributed by atoms with van der Waals surface area (Å²) < 4.78 is 2.04. The maximum absolute atomic E-state index is 8.71. The first-order valence-electron chi connectivity index (χ1n) is 6.88. The Morgan fingerprint density at radius 2 is 2.20 bits per heavy atom. The Hall–Kier alpha value is -2.08. The monoisotopic (exact) mass is 273 g/mol. The molecule has 0 unspecified atom stereocenters. The molecule has 1 aliphatic rings. The Bertz CT molecular complexity index is 580. The molecule has 3 N–H and O–H groups in total. The average molecular weight is 273 g/mol. The maximum Gasteiger partial charge on any atom is 0.142 e. The van der Waals surface area contributed by atoms with Crippen LogP contribution in [0.4, 0.5) is 0 Å². The van der Waals surface area contributed by atoms with Gasteiger partial charge in [-0.25, -0.2) is 4.98 Å². The molecule has 2 aromatic heterocycles. The molecule has 6 nitrogen and oxygen atoms in total. The zero-order valence-corrected chi connectivity index (χ0v) is 11.3. The number of likely N-dealkylation sites (tertiary alicyclic amines) is 1. The third kappa shape index (κ3) is 2.60. The summed E-state index contributed by atoms with van der Waals surface area (Å²) in [6, 6.07) is 6.00. The highest BCUT2D eigenvalue weighted by Gasteiger charge is 2.22. The van der Waals surface area contributed by atoms with Crippen LogP contribution in [0.25, 0.3) is 5.65 Å². The van der Waals surface area contributed by atoms with E-state index >= 15 is 0 Å². The van der Waals surface area contributed by atoms with Crippen LogP contribution in [0.5, 0.6) is 0 Å². The summed E-state index contributed by atoms with van der Waals surface area (Å²) in [5, 5.41) is 11.8. The highest BCUT2D eigenvalue weighted by molar-refractivity contribution is 5.82. The van der Waals surface area contributed by atoms with Crippen LogP contribution in [0.1, 0.15) is 18.5 Å². The molecule has 0 bridgehead atoms. The number of nitrogens with two attached hydrogens (primary N) is 1. The molecule has 1 fully saturated rings. The molecule has 0 spiro atoms. The van der Waals surface area contributed by atoms with Crippen LogP contribution >= 0.6 is 0 Å². The number of hydrogen-bond donors (Lipinski definition) is 2. The third-order valence-corrected chi connectivity index (χ3v) is 3.92.